The van der Waals surface area contributed by atoms with Gasteiger partial charge in [0.05, 0.1) is 0 Å². The molecule has 0 aromatic heterocycles. The highest BCUT2D eigenvalue weighted by Crippen LogP contribution is 2.35. The third kappa shape index (κ3) is 3.42. The zero-order chi connectivity index (χ0) is 16.2. The van der Waals surface area contributed by atoms with E-state index >= 15 is 0 Å². The molecular formula is C16H27N3O3. The second-order valence-electron chi connectivity index (χ2n) is 6.36. The van der Waals surface area contributed by atoms with Crippen molar-refractivity contribution in [1.29, 1.82) is 0 Å². The lowest BCUT2D eigenvalue weighted by Gasteiger charge is -2.20. The summed E-state index contributed by atoms with van der Waals surface area (Å²) in [6, 6.07) is -0.0849. The Kier molecular flexibility index (Phi) is 5.42. The molecule has 2 rings (SSSR count). The van der Waals surface area contributed by atoms with Gasteiger partial charge in [0.1, 0.15) is 5.54 Å². The van der Waals surface area contributed by atoms with Crippen molar-refractivity contribution in [2.24, 2.45) is 0 Å². The normalized spacial score (nSPS) is 20.0. The van der Waals surface area contributed by atoms with Crippen LogP contribution in [0.25, 0.3) is 0 Å². The van der Waals surface area contributed by atoms with E-state index in [9.17, 15) is 14.4 Å². The summed E-state index contributed by atoms with van der Waals surface area (Å²) >= 11 is 0. The van der Waals surface area contributed by atoms with Crippen molar-refractivity contribution in [3.05, 3.63) is 0 Å². The first-order valence-corrected chi connectivity index (χ1v) is 8.46. The highest BCUT2D eigenvalue weighted by molar-refractivity contribution is 6.07. The molecule has 1 aliphatic heterocycles. The lowest BCUT2D eigenvalue weighted by molar-refractivity contribution is -0.131. The number of amides is 4. The second-order valence-corrected chi connectivity index (χ2v) is 6.36. The van der Waals surface area contributed by atoms with Gasteiger partial charge in [-0.1, -0.05) is 26.7 Å². The fourth-order valence-electron chi connectivity index (χ4n) is 3.39. The second kappa shape index (κ2) is 7.11. The lowest BCUT2D eigenvalue weighted by Crippen LogP contribution is -2.44. The molecule has 1 heterocycles. The van der Waals surface area contributed by atoms with Crippen molar-refractivity contribution < 1.29 is 14.4 Å². The molecule has 0 radical (unpaired) electrons. The smallest absolute Gasteiger partial charge is 0.325 e. The molecule has 0 unspecified atom stereocenters. The van der Waals surface area contributed by atoms with E-state index in [4.69, 9.17) is 0 Å². The van der Waals surface area contributed by atoms with Crippen LogP contribution in [0.3, 0.4) is 0 Å². The average Bonchev–Trinajstić information content (AvgIpc) is 3.05. The maximum Gasteiger partial charge on any atom is 0.325 e. The van der Waals surface area contributed by atoms with Crippen molar-refractivity contribution >= 4 is 17.8 Å². The van der Waals surface area contributed by atoms with E-state index < -0.39 is 5.54 Å². The van der Waals surface area contributed by atoms with E-state index in [-0.39, 0.29) is 23.9 Å². The van der Waals surface area contributed by atoms with Gasteiger partial charge in [-0.05, 0) is 32.1 Å². The molecule has 1 saturated heterocycles. The van der Waals surface area contributed by atoms with E-state index in [2.05, 4.69) is 10.6 Å². The first-order chi connectivity index (χ1) is 10.5. The van der Waals surface area contributed by atoms with Gasteiger partial charge in [-0.2, -0.15) is 0 Å². The predicted molar refractivity (Wildman–Crippen MR) is 83.2 cm³/mol. The van der Waals surface area contributed by atoms with Crippen LogP contribution in [0.2, 0.25) is 0 Å². The minimum atomic E-state index is -0.644. The van der Waals surface area contributed by atoms with Crippen molar-refractivity contribution in [3.8, 4) is 0 Å². The average molecular weight is 309 g/mol. The van der Waals surface area contributed by atoms with Gasteiger partial charge in [-0.25, -0.2) is 4.79 Å². The minimum absolute atomic E-state index is 0.00339. The van der Waals surface area contributed by atoms with Gasteiger partial charge in [0, 0.05) is 19.0 Å². The van der Waals surface area contributed by atoms with Crippen molar-refractivity contribution in [3.63, 3.8) is 0 Å². The Bertz CT molecular complexity index is 440. The highest BCUT2D eigenvalue weighted by atomic mass is 16.2. The zero-order valence-corrected chi connectivity index (χ0v) is 13.6. The Hall–Kier alpha value is -1.59. The van der Waals surface area contributed by atoms with Gasteiger partial charge in [0.15, 0.2) is 0 Å². The first kappa shape index (κ1) is 16.8. The molecule has 0 atom stereocenters. The molecule has 0 aromatic rings. The van der Waals surface area contributed by atoms with E-state index in [1.165, 1.54) is 4.90 Å². The van der Waals surface area contributed by atoms with Gasteiger partial charge in [0.2, 0.25) is 5.91 Å². The van der Waals surface area contributed by atoms with Crippen LogP contribution >= 0.6 is 0 Å². The number of hydrogen-bond acceptors (Lipinski definition) is 3. The molecule has 4 amide bonds. The Morgan fingerprint density at radius 2 is 1.91 bits per heavy atom. The Morgan fingerprint density at radius 3 is 2.50 bits per heavy atom. The van der Waals surface area contributed by atoms with Gasteiger partial charge in [-0.3, -0.25) is 14.5 Å². The third-order valence-electron chi connectivity index (χ3n) is 4.84. The van der Waals surface area contributed by atoms with E-state index in [0.29, 0.717) is 19.4 Å². The number of rotatable bonds is 7. The summed E-state index contributed by atoms with van der Waals surface area (Å²) in [6.07, 6.45) is 6.14. The molecule has 6 nitrogen and oxygen atoms in total. The van der Waals surface area contributed by atoms with Crippen LogP contribution in [0.4, 0.5) is 4.79 Å². The molecule has 1 aliphatic carbocycles. The SMILES string of the molecule is CCC(CC)NC(=O)CCCN1C(=O)NC2(CCCC2)C1=O. The van der Waals surface area contributed by atoms with Gasteiger partial charge >= 0.3 is 6.03 Å². The maximum absolute atomic E-state index is 12.4. The molecule has 0 bridgehead atoms. The molecule has 6 heteroatoms. The molecular weight excluding hydrogens is 282 g/mol. The molecule has 2 N–H and O–H groups in total. The van der Waals surface area contributed by atoms with Crippen LogP contribution in [0.1, 0.15) is 65.2 Å². The van der Waals surface area contributed by atoms with Crippen LogP contribution in [0.15, 0.2) is 0 Å². The number of carbonyl (C=O) groups excluding carboxylic acids is 3. The zero-order valence-electron chi connectivity index (χ0n) is 13.6. The van der Waals surface area contributed by atoms with Crippen LogP contribution in [-0.4, -0.2) is 40.9 Å². The molecule has 22 heavy (non-hydrogen) atoms. The van der Waals surface area contributed by atoms with Gasteiger partial charge in [0.25, 0.3) is 5.91 Å². The molecule has 2 aliphatic rings. The number of nitrogens with one attached hydrogen (secondary N) is 2. The summed E-state index contributed by atoms with van der Waals surface area (Å²) in [5, 5.41) is 5.82. The lowest BCUT2D eigenvalue weighted by atomic mass is 9.98. The molecule has 2 fully saturated rings. The highest BCUT2D eigenvalue weighted by Gasteiger charge is 2.51. The van der Waals surface area contributed by atoms with Crippen LogP contribution in [0, 0.1) is 0 Å². The number of carbonyl (C=O) groups is 3. The summed E-state index contributed by atoms with van der Waals surface area (Å²) < 4.78 is 0. The molecule has 1 saturated carbocycles. The van der Waals surface area contributed by atoms with Crippen molar-refractivity contribution in [1.82, 2.24) is 15.5 Å². The standard InChI is InChI=1S/C16H27N3O3/c1-3-12(4-2)17-13(20)8-7-11-19-14(21)16(18-15(19)22)9-5-6-10-16/h12H,3-11H2,1-2H3,(H,17,20)(H,18,22). The predicted octanol–water partition coefficient (Wildman–Crippen LogP) is 1.94. The van der Waals surface area contributed by atoms with E-state index in [0.717, 1.165) is 38.5 Å². The Labute approximate surface area is 132 Å². The molecule has 0 aromatic carbocycles. The third-order valence-corrected chi connectivity index (χ3v) is 4.84. The largest absolute Gasteiger partial charge is 0.353 e. The van der Waals surface area contributed by atoms with Crippen LogP contribution in [-0.2, 0) is 9.59 Å². The topological polar surface area (TPSA) is 78.5 Å². The van der Waals surface area contributed by atoms with Gasteiger partial charge in [-0.15, -0.1) is 0 Å². The fraction of sp³-hybridized carbons (Fsp3) is 0.812. The van der Waals surface area contributed by atoms with Crippen LogP contribution < -0.4 is 10.6 Å². The van der Waals surface area contributed by atoms with Crippen molar-refractivity contribution in [2.75, 3.05) is 6.54 Å². The first-order valence-electron chi connectivity index (χ1n) is 8.46. The number of imide groups is 1. The maximum atomic E-state index is 12.4. The van der Waals surface area contributed by atoms with E-state index in [1.807, 2.05) is 13.8 Å². The van der Waals surface area contributed by atoms with Crippen LogP contribution in [0.5, 0.6) is 0 Å². The Balaban J connectivity index is 1.78. The number of urea groups is 1. The fourth-order valence-corrected chi connectivity index (χ4v) is 3.39. The number of nitrogens with zero attached hydrogens (tertiary/aromatic N) is 1. The molecule has 124 valence electrons. The number of hydrogen-bond donors (Lipinski definition) is 2. The summed E-state index contributed by atoms with van der Waals surface area (Å²) in [6.45, 7) is 4.41. The minimum Gasteiger partial charge on any atom is -0.353 e. The van der Waals surface area contributed by atoms with Gasteiger partial charge < -0.3 is 10.6 Å². The van der Waals surface area contributed by atoms with Crippen molar-refractivity contribution in [2.45, 2.75) is 76.8 Å². The summed E-state index contributed by atoms with van der Waals surface area (Å²) in [5.41, 5.74) is -0.644. The monoisotopic (exact) mass is 309 g/mol. The summed E-state index contributed by atoms with van der Waals surface area (Å²) in [7, 11) is 0. The Morgan fingerprint density at radius 1 is 1.27 bits per heavy atom. The summed E-state index contributed by atoms with van der Waals surface area (Å²) in [4.78, 5) is 37.5. The molecule has 1 spiro atoms. The van der Waals surface area contributed by atoms with E-state index in [1.54, 1.807) is 0 Å². The quantitative estimate of drug-likeness (QED) is 0.705. The summed E-state index contributed by atoms with van der Waals surface area (Å²) in [5.74, 6) is -0.105.